The molecule has 158 valence electrons. The smallest absolute Gasteiger partial charge is 0.302 e. The quantitative estimate of drug-likeness (QED) is 0.572. The van der Waals surface area contributed by atoms with Gasteiger partial charge in [-0.1, -0.05) is 20.4 Å². The summed E-state index contributed by atoms with van der Waals surface area (Å²) >= 11 is 0. The highest BCUT2D eigenvalue weighted by molar-refractivity contribution is 5.66. The summed E-state index contributed by atoms with van der Waals surface area (Å²) in [5, 5.41) is 11.6. The summed E-state index contributed by atoms with van der Waals surface area (Å²) in [6.45, 7) is 11.6. The molecule has 0 amide bonds. The molecule has 0 aromatic rings. The molecular weight excluding hydrogens is 366 g/mol. The summed E-state index contributed by atoms with van der Waals surface area (Å²) in [5.41, 5.74) is 1.15. The van der Waals surface area contributed by atoms with E-state index in [1.54, 1.807) is 0 Å². The molecule has 5 heteroatoms. The van der Waals surface area contributed by atoms with Crippen LogP contribution in [0.3, 0.4) is 0 Å². The van der Waals surface area contributed by atoms with Crippen molar-refractivity contribution in [3.8, 4) is 0 Å². The number of rotatable bonds is 2. The van der Waals surface area contributed by atoms with E-state index >= 15 is 0 Å². The molecule has 9 aliphatic rings. The zero-order chi connectivity index (χ0) is 20.1. The van der Waals surface area contributed by atoms with Crippen molar-refractivity contribution in [2.24, 2.45) is 39.9 Å². The summed E-state index contributed by atoms with van der Waals surface area (Å²) in [7, 11) is 0. The van der Waals surface area contributed by atoms with E-state index in [0.717, 1.165) is 31.4 Å². The summed E-state index contributed by atoms with van der Waals surface area (Å²) in [6, 6.07) is 0.511. The molecule has 5 saturated carbocycles. The number of ether oxygens (including phenoxy) is 2. The summed E-state index contributed by atoms with van der Waals surface area (Å²) in [6.07, 6.45) is 5.41. The van der Waals surface area contributed by atoms with Crippen molar-refractivity contribution in [3.05, 3.63) is 12.2 Å². The third-order valence-corrected chi connectivity index (χ3v) is 11.3. The van der Waals surface area contributed by atoms with Gasteiger partial charge >= 0.3 is 5.97 Å². The third kappa shape index (κ3) is 1.52. The summed E-state index contributed by atoms with van der Waals surface area (Å²) in [5.74, 6) is 1.46. The van der Waals surface area contributed by atoms with Crippen molar-refractivity contribution in [2.75, 3.05) is 6.54 Å². The van der Waals surface area contributed by atoms with Gasteiger partial charge in [-0.05, 0) is 62.0 Å². The average molecular weight is 400 g/mol. The van der Waals surface area contributed by atoms with Crippen LogP contribution in [-0.4, -0.2) is 53.1 Å². The minimum absolute atomic E-state index is 0.0912. The molecule has 12 unspecified atom stereocenters. The van der Waals surface area contributed by atoms with Crippen molar-refractivity contribution < 1.29 is 19.4 Å². The fourth-order valence-electron chi connectivity index (χ4n) is 10.8. The Balaban J connectivity index is 1.44. The second-order valence-corrected chi connectivity index (χ2v) is 11.5. The van der Waals surface area contributed by atoms with E-state index in [0.29, 0.717) is 29.9 Å². The second kappa shape index (κ2) is 4.94. The standard InChI is InChI=1S/C24H33NO4/c1-5-25-19-14-8-16-22(4)7-6-18(29-21(22)25)24(16,19)17-9-15(28-12(3)26)13-10-23(14,17)20(27)11(13)2/h13-21,27H,2,5-10H2,1,3-4H3. The minimum Gasteiger partial charge on any atom is -0.462 e. The van der Waals surface area contributed by atoms with E-state index in [2.05, 4.69) is 25.3 Å². The highest BCUT2D eigenvalue weighted by atomic mass is 16.5. The third-order valence-electron chi connectivity index (χ3n) is 11.3. The van der Waals surface area contributed by atoms with E-state index in [4.69, 9.17) is 9.47 Å². The molecule has 4 aliphatic heterocycles. The molecule has 9 rings (SSSR count). The first-order valence-electron chi connectivity index (χ1n) is 11.8. The Hall–Kier alpha value is -0.910. The minimum atomic E-state index is -0.465. The molecule has 0 radical (unpaired) electrons. The van der Waals surface area contributed by atoms with Gasteiger partial charge in [0.1, 0.15) is 12.3 Å². The Kier molecular flexibility index (Phi) is 3.02. The van der Waals surface area contributed by atoms with Crippen LogP contribution in [0.4, 0.5) is 0 Å². The van der Waals surface area contributed by atoms with Crippen molar-refractivity contribution >= 4 is 5.97 Å². The van der Waals surface area contributed by atoms with Crippen LogP contribution < -0.4 is 0 Å². The van der Waals surface area contributed by atoms with Crippen LogP contribution in [0, 0.1) is 39.9 Å². The highest BCUT2D eigenvalue weighted by Gasteiger charge is 2.89. The lowest BCUT2D eigenvalue weighted by Crippen LogP contribution is -2.78. The topological polar surface area (TPSA) is 59.0 Å². The maximum absolute atomic E-state index is 11.9. The molecule has 0 aromatic heterocycles. The van der Waals surface area contributed by atoms with Gasteiger partial charge in [0.15, 0.2) is 0 Å². The van der Waals surface area contributed by atoms with E-state index < -0.39 is 6.10 Å². The Bertz CT molecular complexity index is 843. The molecule has 2 spiro atoms. The monoisotopic (exact) mass is 399 g/mol. The van der Waals surface area contributed by atoms with Crippen LogP contribution in [0.2, 0.25) is 0 Å². The molecule has 4 heterocycles. The van der Waals surface area contributed by atoms with Crippen molar-refractivity contribution in [1.29, 1.82) is 0 Å². The van der Waals surface area contributed by atoms with E-state index in [-0.39, 0.29) is 40.5 Å². The maximum atomic E-state index is 11.9. The molecule has 4 saturated heterocycles. The van der Waals surface area contributed by atoms with Crippen LogP contribution in [0.25, 0.3) is 0 Å². The molecule has 29 heavy (non-hydrogen) atoms. The molecule has 1 N–H and O–H groups in total. The predicted molar refractivity (Wildman–Crippen MR) is 106 cm³/mol. The Morgan fingerprint density at radius 3 is 2.90 bits per heavy atom. The zero-order valence-electron chi connectivity index (χ0n) is 17.8. The molecular formula is C24H33NO4. The summed E-state index contributed by atoms with van der Waals surface area (Å²) < 4.78 is 12.7. The number of aliphatic hydroxyl groups is 1. The number of hydrogen-bond acceptors (Lipinski definition) is 5. The molecule has 0 aromatic carbocycles. The van der Waals surface area contributed by atoms with Gasteiger partial charge in [0.05, 0.1) is 12.2 Å². The van der Waals surface area contributed by atoms with E-state index in [9.17, 15) is 9.90 Å². The number of carbonyl (C=O) groups is 1. The van der Waals surface area contributed by atoms with E-state index in [1.165, 1.54) is 19.8 Å². The molecule has 5 nitrogen and oxygen atoms in total. The van der Waals surface area contributed by atoms with Crippen LogP contribution in [0.5, 0.6) is 0 Å². The van der Waals surface area contributed by atoms with Gasteiger partial charge < -0.3 is 14.6 Å². The van der Waals surface area contributed by atoms with Crippen LogP contribution in [-0.2, 0) is 14.3 Å². The molecule has 9 bridgehead atoms. The lowest BCUT2D eigenvalue weighted by atomic mass is 9.41. The first-order valence-corrected chi connectivity index (χ1v) is 11.8. The Labute approximate surface area is 172 Å². The SMILES string of the molecule is C=C1C2CC3(C1O)C1CC4C5(C)CCC6OC5N(CC)C1C64C3CC2OC(C)=O. The number of esters is 1. The van der Waals surface area contributed by atoms with Gasteiger partial charge in [-0.15, -0.1) is 0 Å². The predicted octanol–water partition coefficient (Wildman–Crippen LogP) is 2.73. The van der Waals surface area contributed by atoms with Gasteiger partial charge in [0.2, 0.25) is 0 Å². The highest BCUT2D eigenvalue weighted by Crippen LogP contribution is 2.86. The van der Waals surface area contributed by atoms with Gasteiger partial charge in [-0.3, -0.25) is 9.69 Å². The van der Waals surface area contributed by atoms with Crippen molar-refractivity contribution in [2.45, 2.75) is 83.5 Å². The number of nitrogens with zero attached hydrogens (tertiary/aromatic N) is 1. The van der Waals surface area contributed by atoms with E-state index in [1.807, 2.05) is 0 Å². The van der Waals surface area contributed by atoms with Crippen LogP contribution >= 0.6 is 0 Å². The summed E-state index contributed by atoms with van der Waals surface area (Å²) in [4.78, 5) is 14.6. The number of fused-ring (bicyclic) bond motifs is 2. The molecule has 5 aliphatic carbocycles. The number of aliphatic hydroxyl groups excluding tert-OH is 1. The largest absolute Gasteiger partial charge is 0.462 e. The Morgan fingerprint density at radius 2 is 2.17 bits per heavy atom. The second-order valence-electron chi connectivity index (χ2n) is 11.5. The van der Waals surface area contributed by atoms with Gasteiger partial charge in [0, 0.05) is 35.1 Å². The van der Waals surface area contributed by atoms with Gasteiger partial charge in [0.25, 0.3) is 0 Å². The fraction of sp³-hybridized carbons (Fsp3) is 0.875. The molecule has 12 atom stereocenters. The lowest BCUT2D eigenvalue weighted by Gasteiger charge is -2.73. The first-order chi connectivity index (χ1) is 13.8. The number of hydrogen-bond donors (Lipinski definition) is 1. The van der Waals surface area contributed by atoms with Gasteiger partial charge in [-0.25, -0.2) is 0 Å². The average Bonchev–Trinajstić information content (AvgIpc) is 3.22. The maximum Gasteiger partial charge on any atom is 0.302 e. The Morgan fingerprint density at radius 1 is 1.38 bits per heavy atom. The van der Waals surface area contributed by atoms with Crippen molar-refractivity contribution in [3.63, 3.8) is 0 Å². The lowest BCUT2D eigenvalue weighted by molar-refractivity contribution is -0.372. The zero-order valence-corrected chi connectivity index (χ0v) is 17.8. The number of carbonyl (C=O) groups excluding carboxylic acids is 1. The normalized spacial score (nSPS) is 63.3. The van der Waals surface area contributed by atoms with Crippen LogP contribution in [0.1, 0.15) is 52.9 Å². The first kappa shape index (κ1) is 17.7. The fourth-order valence-corrected chi connectivity index (χ4v) is 10.8. The number of piperidine rings is 1. The van der Waals surface area contributed by atoms with Crippen LogP contribution in [0.15, 0.2) is 12.2 Å². The molecule has 9 fully saturated rings. The van der Waals surface area contributed by atoms with Crippen molar-refractivity contribution in [1.82, 2.24) is 4.90 Å². The van der Waals surface area contributed by atoms with Gasteiger partial charge in [-0.2, -0.15) is 0 Å².